The molecule has 8 atom stereocenters. The summed E-state index contributed by atoms with van der Waals surface area (Å²) < 4.78 is 12.0. The minimum absolute atomic E-state index is 0. The van der Waals surface area contributed by atoms with Crippen molar-refractivity contribution in [3.63, 3.8) is 0 Å². The van der Waals surface area contributed by atoms with Gasteiger partial charge in [-0.1, -0.05) is 72.8 Å². The van der Waals surface area contributed by atoms with Crippen molar-refractivity contribution >= 4 is 60.3 Å². The summed E-state index contributed by atoms with van der Waals surface area (Å²) in [6.07, 6.45) is 12.4. The summed E-state index contributed by atoms with van der Waals surface area (Å²) in [6, 6.07) is 27.0. The van der Waals surface area contributed by atoms with E-state index >= 15 is 0 Å². The van der Waals surface area contributed by atoms with E-state index in [9.17, 15) is 28.8 Å². The molecule has 6 amide bonds. The van der Waals surface area contributed by atoms with Gasteiger partial charge < -0.3 is 51.2 Å². The number of benzene rings is 4. The fourth-order valence-electron chi connectivity index (χ4n) is 10.9. The second kappa shape index (κ2) is 29.5. The highest BCUT2D eigenvalue weighted by Gasteiger charge is 2.41. The van der Waals surface area contributed by atoms with Gasteiger partial charge in [0.2, 0.25) is 35.4 Å². The first-order valence-electron chi connectivity index (χ1n) is 27.3. The van der Waals surface area contributed by atoms with Crippen LogP contribution >= 0.6 is 24.8 Å². The third kappa shape index (κ3) is 15.6. The first kappa shape index (κ1) is 60.8. The van der Waals surface area contributed by atoms with Gasteiger partial charge in [-0.2, -0.15) is 0 Å². The molecule has 2 saturated heterocycles. The van der Waals surface area contributed by atoms with Crippen LogP contribution in [0.15, 0.2) is 109 Å². The number of nitrogens with zero attached hydrogens (tertiary/aromatic N) is 2. The molecule has 2 heterocycles. The van der Waals surface area contributed by atoms with Crippen molar-refractivity contribution in [3.8, 4) is 11.5 Å². The molecule has 2 aliphatic carbocycles. The van der Waals surface area contributed by atoms with Crippen molar-refractivity contribution in [2.75, 3.05) is 40.4 Å². The molecule has 0 radical (unpaired) electrons. The van der Waals surface area contributed by atoms with E-state index in [1.807, 2.05) is 84.9 Å². The largest absolute Gasteiger partial charge is 0.490 e. The molecular weight excluding hydrogens is 1030 g/mol. The number of carbonyl (C=O) groups is 6. The maximum atomic E-state index is 14.3. The van der Waals surface area contributed by atoms with Crippen molar-refractivity contribution in [3.05, 3.63) is 143 Å². The molecule has 18 heteroatoms. The molecule has 8 rings (SSSR count). The molecule has 0 bridgehead atoms. The lowest BCUT2D eigenvalue weighted by Gasteiger charge is -2.32. The molecule has 2 unspecified atom stereocenters. The van der Waals surface area contributed by atoms with Crippen LogP contribution in [0.4, 0.5) is 0 Å². The van der Waals surface area contributed by atoms with Crippen LogP contribution in [-0.4, -0.2) is 122 Å². The van der Waals surface area contributed by atoms with Crippen molar-refractivity contribution < 1.29 is 38.2 Å². The minimum atomic E-state index is -0.876. The highest BCUT2D eigenvalue weighted by atomic mass is 35.5. The van der Waals surface area contributed by atoms with E-state index in [-0.39, 0.29) is 98.4 Å². The molecule has 4 aromatic carbocycles. The van der Waals surface area contributed by atoms with E-state index in [2.05, 4.69) is 56.2 Å². The van der Waals surface area contributed by atoms with Crippen LogP contribution in [0.5, 0.6) is 11.5 Å². The Hall–Kier alpha value is -6.46. The highest BCUT2D eigenvalue weighted by molar-refractivity contribution is 5.95. The van der Waals surface area contributed by atoms with E-state index in [4.69, 9.17) is 9.47 Å². The second-order valence-electron chi connectivity index (χ2n) is 20.6. The standard InChI is InChI=1S/C60H76N8O8.2ClH/c1-39(61-3)55(69)65-51(59(73)67-33-13-23-53(67)57(71)63-49-21-11-17-43-15-5-7-19-47(43)49)37-41-25-29-45(30-26-41)75-35-9-10-36-76-46-31-27-42(28-32-46)38-52(66-56(70)40(2)62-4)60(74)68-34-14-24-54(68)58(72)64-50-22-12-18-44-16-6-8-20-48(44)50;;/h5-10,15-16,19-20,25-32,39-40,49-54,61-62H,11-14,17-18,21-24,33-38H2,1-4H3,(H,63,71)(H,64,72)(H,65,69)(H,66,70);2*1H/b10-9-;;/t39-,40-,49+,50+,51-,52-,53?,54?;;/m0../s1. The van der Waals surface area contributed by atoms with Crippen molar-refractivity contribution in [2.24, 2.45) is 0 Å². The lowest BCUT2D eigenvalue weighted by molar-refractivity contribution is -0.141. The number of rotatable bonds is 22. The number of nitrogens with one attached hydrogen (secondary N) is 6. The highest BCUT2D eigenvalue weighted by Crippen LogP contribution is 2.32. The SMILES string of the molecule is CN[C@@H](C)C(=O)N[C@@H](Cc1ccc(OC/C=C\COc2ccc(C[C@H](NC(=O)[C@H](C)NC)C(=O)N3CCCC3C(=O)N[C@@H]3CCCc4ccccc43)cc2)cc1)C(=O)N1CCCC1C(=O)N[C@@H]1CCCc2ccccc21.Cl.Cl. The Morgan fingerprint density at radius 1 is 0.538 bits per heavy atom. The molecule has 4 aromatic rings. The van der Waals surface area contributed by atoms with Gasteiger partial charge in [-0.25, -0.2) is 0 Å². The van der Waals surface area contributed by atoms with E-state index in [0.717, 1.165) is 60.8 Å². The summed E-state index contributed by atoms with van der Waals surface area (Å²) in [4.78, 5) is 85.8. The summed E-state index contributed by atoms with van der Waals surface area (Å²) in [5.74, 6) is -0.223. The van der Waals surface area contributed by atoms with Crippen LogP contribution in [0.3, 0.4) is 0 Å². The number of ether oxygens (including phenoxy) is 2. The Morgan fingerprint density at radius 2 is 0.923 bits per heavy atom. The fraction of sp³-hybridized carbons (Fsp3) is 0.467. The van der Waals surface area contributed by atoms with E-state index in [1.165, 1.54) is 11.1 Å². The molecule has 0 saturated carbocycles. The van der Waals surface area contributed by atoms with Gasteiger partial charge in [0.15, 0.2) is 0 Å². The van der Waals surface area contributed by atoms with Gasteiger partial charge in [0.25, 0.3) is 0 Å². The minimum Gasteiger partial charge on any atom is -0.490 e. The van der Waals surface area contributed by atoms with Gasteiger partial charge in [-0.3, -0.25) is 28.8 Å². The van der Waals surface area contributed by atoms with Crippen LogP contribution in [0, 0.1) is 0 Å². The Kier molecular flexibility index (Phi) is 23.0. The second-order valence-corrected chi connectivity index (χ2v) is 20.6. The zero-order valence-electron chi connectivity index (χ0n) is 45.3. The predicted molar refractivity (Wildman–Crippen MR) is 306 cm³/mol. The molecule has 4 aliphatic rings. The first-order chi connectivity index (χ1) is 36.9. The van der Waals surface area contributed by atoms with E-state index in [0.29, 0.717) is 50.3 Å². The van der Waals surface area contributed by atoms with Gasteiger partial charge >= 0.3 is 0 Å². The summed E-state index contributed by atoms with van der Waals surface area (Å²) in [5.41, 5.74) is 6.43. The van der Waals surface area contributed by atoms with Crippen molar-refractivity contribution in [1.29, 1.82) is 0 Å². The van der Waals surface area contributed by atoms with E-state index < -0.39 is 36.3 Å². The average Bonchev–Trinajstić information content (AvgIpc) is 4.16. The number of hydrogen-bond donors (Lipinski definition) is 6. The molecule has 16 nitrogen and oxygen atoms in total. The lowest BCUT2D eigenvalue weighted by atomic mass is 9.87. The zero-order chi connectivity index (χ0) is 53.6. The third-order valence-electron chi connectivity index (χ3n) is 15.5. The van der Waals surface area contributed by atoms with E-state index in [1.54, 1.807) is 37.7 Å². The Labute approximate surface area is 471 Å². The maximum Gasteiger partial charge on any atom is 0.246 e. The Balaban J connectivity index is 0.00000492. The number of carbonyl (C=O) groups excluding carboxylic acids is 6. The Bertz CT molecular complexity index is 2510. The number of aryl methyl sites for hydroxylation is 2. The smallest absolute Gasteiger partial charge is 0.246 e. The number of fused-ring (bicyclic) bond motifs is 2. The van der Waals surface area contributed by atoms with Gasteiger partial charge in [0, 0.05) is 25.9 Å². The van der Waals surface area contributed by atoms with Gasteiger partial charge in [0.1, 0.15) is 48.9 Å². The predicted octanol–water partition coefficient (Wildman–Crippen LogP) is 6.18. The monoisotopic (exact) mass is 1110 g/mol. The summed E-state index contributed by atoms with van der Waals surface area (Å²) in [7, 11) is 3.38. The van der Waals surface area contributed by atoms with Crippen LogP contribution in [0.1, 0.15) is 111 Å². The first-order valence-corrected chi connectivity index (χ1v) is 27.3. The number of halogens is 2. The number of likely N-dealkylation sites (N-methyl/N-ethyl adjacent to an activating group) is 2. The van der Waals surface area contributed by atoms with Gasteiger partial charge in [-0.15, -0.1) is 24.8 Å². The van der Waals surface area contributed by atoms with Gasteiger partial charge in [-0.05, 0) is 162 Å². The van der Waals surface area contributed by atoms with Crippen LogP contribution in [0.25, 0.3) is 0 Å². The van der Waals surface area contributed by atoms with Crippen molar-refractivity contribution in [1.82, 2.24) is 41.7 Å². The molecule has 0 aromatic heterocycles. The molecule has 78 heavy (non-hydrogen) atoms. The van der Waals surface area contributed by atoms with Crippen molar-refractivity contribution in [2.45, 2.75) is 139 Å². The number of hydrogen-bond acceptors (Lipinski definition) is 10. The van der Waals surface area contributed by atoms with Gasteiger partial charge in [0.05, 0.1) is 24.2 Å². The fourth-order valence-corrected chi connectivity index (χ4v) is 10.9. The molecule has 6 N–H and O–H groups in total. The topological polar surface area (TPSA) is 200 Å². The Morgan fingerprint density at radius 3 is 1.31 bits per heavy atom. The molecule has 420 valence electrons. The summed E-state index contributed by atoms with van der Waals surface area (Å²) in [6.45, 7) is 4.92. The molecule has 0 spiro atoms. The average molecular weight is 1110 g/mol. The lowest BCUT2D eigenvalue weighted by Crippen LogP contribution is -2.56. The zero-order valence-corrected chi connectivity index (χ0v) is 46.9. The van der Waals surface area contributed by atoms with Crippen LogP contribution in [0.2, 0.25) is 0 Å². The summed E-state index contributed by atoms with van der Waals surface area (Å²) >= 11 is 0. The normalized spacial score (nSPS) is 20.1. The number of likely N-dealkylation sites (tertiary alicyclic amines) is 2. The quantitative estimate of drug-likeness (QED) is 0.0494. The number of amides is 6. The third-order valence-corrected chi connectivity index (χ3v) is 15.5. The molecular formula is C60H78Cl2N8O8. The van der Waals surface area contributed by atoms with Crippen LogP contribution < -0.4 is 41.4 Å². The molecule has 2 aliphatic heterocycles. The van der Waals surface area contributed by atoms with Crippen LogP contribution in [-0.2, 0) is 54.5 Å². The molecule has 2 fully saturated rings. The summed E-state index contributed by atoms with van der Waals surface area (Å²) in [5, 5.41) is 18.3. The maximum absolute atomic E-state index is 14.3.